The fourth-order valence-electron chi connectivity index (χ4n) is 3.97. The predicted octanol–water partition coefficient (Wildman–Crippen LogP) is 5.50. The normalized spacial score (nSPS) is 12.7. The first-order valence-corrected chi connectivity index (χ1v) is 10.8. The van der Waals surface area contributed by atoms with Gasteiger partial charge in [0, 0.05) is 45.1 Å². The number of halogens is 1. The molecule has 0 saturated carbocycles. The third-order valence-corrected chi connectivity index (χ3v) is 5.16. The number of rotatable bonds is 11. The van der Waals surface area contributed by atoms with Gasteiger partial charge in [-0.1, -0.05) is 39.8 Å². The summed E-state index contributed by atoms with van der Waals surface area (Å²) in [5.74, 6) is 0.302. The van der Waals surface area contributed by atoms with Crippen LogP contribution in [0.5, 0.6) is 0 Å². The van der Waals surface area contributed by atoms with Crippen molar-refractivity contribution in [2.75, 3.05) is 20.3 Å². The molecule has 0 bridgehead atoms. The summed E-state index contributed by atoms with van der Waals surface area (Å²) in [5.41, 5.74) is 2.32. The first kappa shape index (κ1) is 24.1. The molecule has 1 atom stereocenters. The van der Waals surface area contributed by atoms with Gasteiger partial charge in [0.2, 0.25) is 5.91 Å². The summed E-state index contributed by atoms with van der Waals surface area (Å²) in [7, 11) is 1.69. The molecule has 0 saturated heterocycles. The highest BCUT2D eigenvalue weighted by Crippen LogP contribution is 2.26. The van der Waals surface area contributed by atoms with Crippen LogP contribution in [0.4, 0.5) is 4.39 Å². The van der Waals surface area contributed by atoms with Gasteiger partial charge in [0.1, 0.15) is 5.82 Å². The van der Waals surface area contributed by atoms with Crippen LogP contribution >= 0.6 is 0 Å². The Morgan fingerprint density at radius 2 is 1.90 bits per heavy atom. The van der Waals surface area contributed by atoms with Crippen molar-refractivity contribution in [2.24, 2.45) is 11.3 Å². The molecule has 0 N–H and O–H groups in total. The third-order valence-electron chi connectivity index (χ3n) is 5.16. The van der Waals surface area contributed by atoms with Crippen LogP contribution in [0.1, 0.15) is 58.2 Å². The second-order valence-electron chi connectivity index (χ2n) is 9.49. The maximum atomic E-state index is 13.2. The number of carbonyl (C=O) groups excluding carboxylic acids is 1. The molecule has 1 heterocycles. The Kier molecular flexibility index (Phi) is 9.09. The Bertz CT molecular complexity index is 777. The molecule has 1 aromatic heterocycles. The molecule has 0 aliphatic rings. The Hall–Kier alpha value is -2.14. The topological polar surface area (TPSA) is 34.5 Å². The predicted molar refractivity (Wildman–Crippen MR) is 120 cm³/mol. The monoisotopic (exact) mass is 416 g/mol. The standard InChI is InChI=1S/C25H37FN2O2/c1-20(17-25(2,3)4)16-24(29)28(14-7-15-30-5)19-23-8-6-13-27(23)18-21-9-11-22(26)12-10-21/h6,8-13,20H,7,14-19H2,1-5H3/t20-/m0/s1. The number of aromatic nitrogens is 1. The second-order valence-corrected chi connectivity index (χ2v) is 9.49. The van der Waals surface area contributed by atoms with Gasteiger partial charge >= 0.3 is 0 Å². The van der Waals surface area contributed by atoms with Gasteiger partial charge in [-0.2, -0.15) is 0 Å². The van der Waals surface area contributed by atoms with Gasteiger partial charge in [0.25, 0.3) is 0 Å². The summed E-state index contributed by atoms with van der Waals surface area (Å²) in [6, 6.07) is 10.6. The molecule has 2 aromatic rings. The SMILES string of the molecule is COCCCN(Cc1cccn1Cc1ccc(F)cc1)C(=O)C[C@H](C)CC(C)(C)C. The Balaban J connectivity index is 2.07. The zero-order valence-electron chi connectivity index (χ0n) is 19.2. The molecule has 30 heavy (non-hydrogen) atoms. The summed E-state index contributed by atoms with van der Waals surface area (Å²) in [6.45, 7) is 11.3. The van der Waals surface area contributed by atoms with Crippen LogP contribution in [-0.4, -0.2) is 35.6 Å². The summed E-state index contributed by atoms with van der Waals surface area (Å²) >= 11 is 0. The molecule has 166 valence electrons. The molecule has 1 aromatic carbocycles. The molecule has 0 aliphatic carbocycles. The van der Waals surface area contributed by atoms with E-state index in [1.165, 1.54) is 12.1 Å². The van der Waals surface area contributed by atoms with Crippen molar-refractivity contribution in [3.63, 3.8) is 0 Å². The van der Waals surface area contributed by atoms with Crippen molar-refractivity contribution in [3.8, 4) is 0 Å². The average Bonchev–Trinajstić information content (AvgIpc) is 3.08. The van der Waals surface area contributed by atoms with E-state index < -0.39 is 0 Å². The summed E-state index contributed by atoms with van der Waals surface area (Å²) in [4.78, 5) is 15.1. The lowest BCUT2D eigenvalue weighted by Gasteiger charge is -2.27. The first-order chi connectivity index (χ1) is 14.2. The van der Waals surface area contributed by atoms with E-state index in [0.29, 0.717) is 38.6 Å². The highest BCUT2D eigenvalue weighted by Gasteiger charge is 2.21. The molecule has 0 fully saturated rings. The molecular weight excluding hydrogens is 379 g/mol. The van der Waals surface area contributed by atoms with Crippen molar-refractivity contribution in [1.82, 2.24) is 9.47 Å². The van der Waals surface area contributed by atoms with Crippen molar-refractivity contribution in [1.29, 1.82) is 0 Å². The van der Waals surface area contributed by atoms with Crippen LogP contribution in [0.2, 0.25) is 0 Å². The second kappa shape index (κ2) is 11.3. The zero-order valence-corrected chi connectivity index (χ0v) is 19.2. The molecule has 5 heteroatoms. The fourth-order valence-corrected chi connectivity index (χ4v) is 3.97. The van der Waals surface area contributed by atoms with Crippen LogP contribution in [-0.2, 0) is 22.6 Å². The molecule has 0 aliphatic heterocycles. The fraction of sp³-hybridized carbons (Fsp3) is 0.560. The minimum Gasteiger partial charge on any atom is -0.385 e. The molecule has 4 nitrogen and oxygen atoms in total. The van der Waals surface area contributed by atoms with Gasteiger partial charge in [-0.05, 0) is 54.0 Å². The summed E-state index contributed by atoms with van der Waals surface area (Å²) < 4.78 is 20.5. The zero-order chi connectivity index (χ0) is 22.1. The minimum atomic E-state index is -0.231. The van der Waals surface area contributed by atoms with Crippen LogP contribution in [0.3, 0.4) is 0 Å². The summed E-state index contributed by atoms with van der Waals surface area (Å²) in [5, 5.41) is 0. The Morgan fingerprint density at radius 1 is 1.20 bits per heavy atom. The quantitative estimate of drug-likeness (QED) is 0.453. The van der Waals surface area contributed by atoms with Crippen molar-refractivity contribution >= 4 is 5.91 Å². The average molecular weight is 417 g/mol. The molecule has 0 radical (unpaired) electrons. The maximum absolute atomic E-state index is 13.2. The van der Waals surface area contributed by atoms with E-state index in [9.17, 15) is 9.18 Å². The van der Waals surface area contributed by atoms with Gasteiger partial charge in [0.05, 0.1) is 6.54 Å². The number of carbonyl (C=O) groups is 1. The number of methoxy groups -OCH3 is 1. The van der Waals surface area contributed by atoms with E-state index in [1.807, 2.05) is 17.2 Å². The van der Waals surface area contributed by atoms with Gasteiger partial charge < -0.3 is 14.2 Å². The molecule has 0 spiro atoms. The molecule has 1 amide bonds. The van der Waals surface area contributed by atoms with E-state index in [2.05, 4.69) is 38.3 Å². The Morgan fingerprint density at radius 3 is 2.53 bits per heavy atom. The van der Waals surface area contributed by atoms with Crippen LogP contribution in [0.15, 0.2) is 42.6 Å². The molecule has 0 unspecified atom stereocenters. The van der Waals surface area contributed by atoms with Gasteiger partial charge in [0.15, 0.2) is 0 Å². The van der Waals surface area contributed by atoms with E-state index in [4.69, 9.17) is 4.74 Å². The van der Waals surface area contributed by atoms with Crippen LogP contribution in [0, 0.1) is 17.2 Å². The summed E-state index contributed by atoms with van der Waals surface area (Å²) in [6.07, 6.45) is 4.40. The molecular formula is C25H37FN2O2. The van der Waals surface area contributed by atoms with Crippen molar-refractivity contribution < 1.29 is 13.9 Å². The maximum Gasteiger partial charge on any atom is 0.223 e. The highest BCUT2D eigenvalue weighted by molar-refractivity contribution is 5.76. The van der Waals surface area contributed by atoms with E-state index in [0.717, 1.165) is 24.1 Å². The number of benzene rings is 1. The van der Waals surface area contributed by atoms with Gasteiger partial charge in [-0.15, -0.1) is 0 Å². The number of hydrogen-bond acceptors (Lipinski definition) is 2. The minimum absolute atomic E-state index is 0.192. The Labute approximate surface area is 181 Å². The van der Waals surface area contributed by atoms with Crippen LogP contribution < -0.4 is 0 Å². The van der Waals surface area contributed by atoms with Gasteiger partial charge in [-0.3, -0.25) is 4.79 Å². The van der Waals surface area contributed by atoms with Crippen LogP contribution in [0.25, 0.3) is 0 Å². The van der Waals surface area contributed by atoms with E-state index in [1.54, 1.807) is 19.2 Å². The lowest BCUT2D eigenvalue weighted by Crippen LogP contribution is -2.34. The smallest absolute Gasteiger partial charge is 0.223 e. The highest BCUT2D eigenvalue weighted by atomic mass is 19.1. The van der Waals surface area contributed by atoms with Crippen molar-refractivity contribution in [3.05, 3.63) is 59.7 Å². The number of ether oxygens (including phenoxy) is 1. The lowest BCUT2D eigenvalue weighted by atomic mass is 9.84. The number of nitrogens with zero attached hydrogens (tertiary/aromatic N) is 2. The number of hydrogen-bond donors (Lipinski definition) is 0. The van der Waals surface area contributed by atoms with Crippen molar-refractivity contribution in [2.45, 2.75) is 60.0 Å². The number of amides is 1. The largest absolute Gasteiger partial charge is 0.385 e. The molecule has 2 rings (SSSR count). The third kappa shape index (κ3) is 8.31. The first-order valence-electron chi connectivity index (χ1n) is 10.8. The van der Waals surface area contributed by atoms with Gasteiger partial charge in [-0.25, -0.2) is 4.39 Å². The van der Waals surface area contributed by atoms with E-state index in [-0.39, 0.29) is 17.1 Å². The lowest BCUT2D eigenvalue weighted by molar-refractivity contribution is -0.133. The van der Waals surface area contributed by atoms with E-state index >= 15 is 0 Å².